The van der Waals surface area contributed by atoms with Crippen molar-refractivity contribution in [1.82, 2.24) is 15.2 Å². The van der Waals surface area contributed by atoms with Gasteiger partial charge in [0.15, 0.2) is 0 Å². The predicted octanol–water partition coefficient (Wildman–Crippen LogP) is 3.66. The van der Waals surface area contributed by atoms with Gasteiger partial charge in [-0.25, -0.2) is 9.78 Å². The largest absolute Gasteiger partial charge is 0.442 e. The molecule has 1 amide bonds. The standard InChI is InChI=1S/C19H23N3O2S/c1-19(2)16(15-9-6-10-22(15)18(23)24-19)20-11-14-12-25-17(21-14)13-7-4-3-5-8-13/h3-5,7-8,12,15-16,20H,6,9-11H2,1-2H3/t15-,16?/m0/s1. The molecule has 132 valence electrons. The number of benzene rings is 1. The van der Waals surface area contributed by atoms with E-state index in [2.05, 4.69) is 22.8 Å². The molecule has 25 heavy (non-hydrogen) atoms. The average molecular weight is 357 g/mol. The molecule has 0 aliphatic carbocycles. The van der Waals surface area contributed by atoms with Crippen molar-refractivity contribution in [2.24, 2.45) is 0 Å². The van der Waals surface area contributed by atoms with Crippen molar-refractivity contribution in [3.63, 3.8) is 0 Å². The zero-order chi connectivity index (χ0) is 17.4. The second-order valence-corrected chi connectivity index (χ2v) is 8.10. The van der Waals surface area contributed by atoms with Gasteiger partial charge >= 0.3 is 6.09 Å². The fourth-order valence-electron chi connectivity index (χ4n) is 3.87. The van der Waals surface area contributed by atoms with Gasteiger partial charge < -0.3 is 15.0 Å². The lowest BCUT2D eigenvalue weighted by Crippen LogP contribution is -2.65. The highest BCUT2D eigenvalue weighted by atomic mass is 32.1. The third kappa shape index (κ3) is 3.16. The highest BCUT2D eigenvalue weighted by Crippen LogP contribution is 2.34. The third-order valence-electron chi connectivity index (χ3n) is 5.09. The van der Waals surface area contributed by atoms with Crippen LogP contribution < -0.4 is 5.32 Å². The summed E-state index contributed by atoms with van der Waals surface area (Å²) < 4.78 is 5.67. The van der Waals surface area contributed by atoms with Gasteiger partial charge in [0.2, 0.25) is 0 Å². The summed E-state index contributed by atoms with van der Waals surface area (Å²) in [7, 11) is 0. The summed E-state index contributed by atoms with van der Waals surface area (Å²) in [4.78, 5) is 18.8. The quantitative estimate of drug-likeness (QED) is 0.907. The van der Waals surface area contributed by atoms with E-state index >= 15 is 0 Å². The summed E-state index contributed by atoms with van der Waals surface area (Å²) in [6, 6.07) is 10.5. The van der Waals surface area contributed by atoms with Gasteiger partial charge in [-0.05, 0) is 26.7 Å². The Hall–Kier alpha value is -1.92. The summed E-state index contributed by atoms with van der Waals surface area (Å²) in [5.74, 6) is 0. The van der Waals surface area contributed by atoms with Crippen LogP contribution in [-0.4, -0.2) is 40.2 Å². The average Bonchev–Trinajstić information content (AvgIpc) is 3.24. The molecular weight excluding hydrogens is 334 g/mol. The minimum absolute atomic E-state index is 0.106. The molecule has 0 bridgehead atoms. The number of aromatic nitrogens is 1. The molecule has 0 radical (unpaired) electrons. The van der Waals surface area contributed by atoms with Crippen molar-refractivity contribution in [3.8, 4) is 10.6 Å². The summed E-state index contributed by atoms with van der Waals surface area (Å²) >= 11 is 1.66. The van der Waals surface area contributed by atoms with Crippen LogP contribution in [-0.2, 0) is 11.3 Å². The molecule has 4 rings (SSSR count). The number of hydrogen-bond acceptors (Lipinski definition) is 5. The van der Waals surface area contributed by atoms with E-state index in [1.165, 1.54) is 0 Å². The van der Waals surface area contributed by atoms with Crippen LogP contribution >= 0.6 is 11.3 Å². The molecule has 2 atom stereocenters. The topological polar surface area (TPSA) is 54.5 Å². The van der Waals surface area contributed by atoms with Gasteiger partial charge in [-0.3, -0.25) is 0 Å². The molecule has 0 spiro atoms. The fourth-order valence-corrected chi connectivity index (χ4v) is 4.70. The molecule has 0 saturated carbocycles. The van der Waals surface area contributed by atoms with Gasteiger partial charge in [-0.2, -0.15) is 0 Å². The van der Waals surface area contributed by atoms with E-state index < -0.39 is 5.60 Å². The molecule has 6 heteroatoms. The number of amides is 1. The number of cyclic esters (lactones) is 1. The lowest BCUT2D eigenvalue weighted by molar-refractivity contribution is -0.0644. The number of carbonyl (C=O) groups is 1. The van der Waals surface area contributed by atoms with E-state index in [1.54, 1.807) is 11.3 Å². The normalized spacial score (nSPS) is 24.9. The van der Waals surface area contributed by atoms with Crippen molar-refractivity contribution in [3.05, 3.63) is 41.4 Å². The molecule has 5 nitrogen and oxygen atoms in total. The molecule has 1 aromatic heterocycles. The Morgan fingerprint density at radius 2 is 2.16 bits per heavy atom. The smallest absolute Gasteiger partial charge is 0.410 e. The molecular formula is C19H23N3O2S. The first-order valence-electron chi connectivity index (χ1n) is 8.77. The van der Waals surface area contributed by atoms with Crippen molar-refractivity contribution in [2.45, 2.75) is 50.9 Å². The lowest BCUT2D eigenvalue weighted by Gasteiger charge is -2.46. The van der Waals surface area contributed by atoms with Crippen LogP contribution in [0.2, 0.25) is 0 Å². The van der Waals surface area contributed by atoms with Gasteiger partial charge in [-0.1, -0.05) is 30.3 Å². The molecule has 2 aliphatic rings. The molecule has 1 unspecified atom stereocenters. The highest BCUT2D eigenvalue weighted by Gasteiger charge is 2.49. The summed E-state index contributed by atoms with van der Waals surface area (Å²) in [5.41, 5.74) is 1.66. The maximum atomic E-state index is 12.1. The van der Waals surface area contributed by atoms with Crippen molar-refractivity contribution in [2.75, 3.05) is 6.54 Å². The van der Waals surface area contributed by atoms with Crippen molar-refractivity contribution < 1.29 is 9.53 Å². The third-order valence-corrected chi connectivity index (χ3v) is 6.03. The molecule has 1 N–H and O–H groups in total. The van der Waals surface area contributed by atoms with Crippen LogP contribution in [0.1, 0.15) is 32.4 Å². The van der Waals surface area contributed by atoms with Crippen molar-refractivity contribution >= 4 is 17.4 Å². The highest BCUT2D eigenvalue weighted by molar-refractivity contribution is 7.13. The second-order valence-electron chi connectivity index (χ2n) is 7.24. The molecule has 1 aromatic carbocycles. The minimum atomic E-state index is -0.513. The number of rotatable bonds is 4. The Morgan fingerprint density at radius 3 is 2.96 bits per heavy atom. The SMILES string of the molecule is CC1(C)OC(=O)N2CCC[C@H]2C1NCc1csc(-c2ccccc2)n1. The first kappa shape index (κ1) is 16.5. The maximum absolute atomic E-state index is 12.1. The van der Waals surface area contributed by atoms with E-state index in [1.807, 2.05) is 36.9 Å². The van der Waals surface area contributed by atoms with Crippen LogP contribution in [0.5, 0.6) is 0 Å². The molecule has 2 saturated heterocycles. The first-order chi connectivity index (χ1) is 12.0. The Balaban J connectivity index is 1.47. The van der Waals surface area contributed by atoms with Crippen molar-refractivity contribution in [1.29, 1.82) is 0 Å². The molecule has 3 heterocycles. The Kier molecular flexibility index (Phi) is 4.25. The van der Waals surface area contributed by atoms with Gasteiger partial charge in [0.05, 0.1) is 17.8 Å². The van der Waals surface area contributed by atoms with Crippen LogP contribution in [0.3, 0.4) is 0 Å². The molecule has 2 aromatic rings. The van der Waals surface area contributed by atoms with Gasteiger partial charge in [0.25, 0.3) is 0 Å². The van der Waals surface area contributed by atoms with Gasteiger partial charge in [0, 0.05) is 24.0 Å². The van der Waals surface area contributed by atoms with Gasteiger partial charge in [-0.15, -0.1) is 11.3 Å². The summed E-state index contributed by atoms with van der Waals surface area (Å²) in [6.07, 6.45) is 1.90. The number of nitrogens with one attached hydrogen (secondary N) is 1. The Morgan fingerprint density at radius 1 is 1.36 bits per heavy atom. The minimum Gasteiger partial charge on any atom is -0.442 e. The van der Waals surface area contributed by atoms with E-state index in [9.17, 15) is 4.79 Å². The zero-order valence-electron chi connectivity index (χ0n) is 14.6. The fraction of sp³-hybridized carbons (Fsp3) is 0.474. The van der Waals surface area contributed by atoms with Crippen LogP contribution in [0.4, 0.5) is 4.79 Å². The first-order valence-corrected chi connectivity index (χ1v) is 9.65. The number of thiazole rings is 1. The lowest BCUT2D eigenvalue weighted by atomic mass is 9.89. The number of nitrogens with zero attached hydrogens (tertiary/aromatic N) is 2. The summed E-state index contributed by atoms with van der Waals surface area (Å²) in [6.45, 7) is 5.47. The van der Waals surface area contributed by atoms with E-state index in [0.29, 0.717) is 6.54 Å². The van der Waals surface area contributed by atoms with Crippen LogP contribution in [0, 0.1) is 0 Å². The molecule has 2 fully saturated rings. The summed E-state index contributed by atoms with van der Waals surface area (Å²) in [5, 5.41) is 6.75. The number of carbonyl (C=O) groups excluding carboxylic acids is 1. The maximum Gasteiger partial charge on any atom is 0.410 e. The van der Waals surface area contributed by atoms with Gasteiger partial charge in [0.1, 0.15) is 10.6 Å². The predicted molar refractivity (Wildman–Crippen MR) is 98.5 cm³/mol. The van der Waals surface area contributed by atoms with Crippen LogP contribution in [0.25, 0.3) is 10.6 Å². The van der Waals surface area contributed by atoms with E-state index in [4.69, 9.17) is 9.72 Å². The monoisotopic (exact) mass is 357 g/mol. The number of hydrogen-bond donors (Lipinski definition) is 1. The number of fused-ring (bicyclic) bond motifs is 1. The zero-order valence-corrected chi connectivity index (χ0v) is 15.4. The second kappa shape index (κ2) is 6.42. The van der Waals surface area contributed by atoms with E-state index in [0.717, 1.165) is 35.7 Å². The Bertz CT molecular complexity index is 759. The van der Waals surface area contributed by atoms with E-state index in [-0.39, 0.29) is 18.2 Å². The molecule has 2 aliphatic heterocycles. The number of ether oxygens (including phenoxy) is 1. The Labute approximate surface area is 152 Å². The van der Waals surface area contributed by atoms with Crippen LogP contribution in [0.15, 0.2) is 35.7 Å².